The van der Waals surface area contributed by atoms with Crippen molar-refractivity contribution in [2.75, 3.05) is 7.05 Å². The molecule has 3 nitrogen and oxygen atoms in total. The highest BCUT2D eigenvalue weighted by Gasteiger charge is 2.57. The van der Waals surface area contributed by atoms with Gasteiger partial charge in [0.15, 0.2) is 0 Å². The minimum atomic E-state index is -3.28. The highest BCUT2D eigenvalue weighted by Crippen LogP contribution is 2.64. The van der Waals surface area contributed by atoms with Gasteiger partial charge in [0.05, 0.1) is 5.75 Å². The van der Waals surface area contributed by atoms with Crippen LogP contribution >= 0.6 is 0 Å². The van der Waals surface area contributed by atoms with Gasteiger partial charge in [-0.25, -0.2) is 12.7 Å². The van der Waals surface area contributed by atoms with Gasteiger partial charge in [-0.15, -0.1) is 0 Å². The van der Waals surface area contributed by atoms with Crippen molar-refractivity contribution in [3.05, 3.63) is 35.9 Å². The number of benzene rings is 1. The van der Waals surface area contributed by atoms with Crippen LogP contribution in [0.1, 0.15) is 64.9 Å². The fourth-order valence-electron chi connectivity index (χ4n) is 7.17. The van der Waals surface area contributed by atoms with E-state index < -0.39 is 10.0 Å². The van der Waals surface area contributed by atoms with Gasteiger partial charge < -0.3 is 0 Å². The smallest absolute Gasteiger partial charge is 0.212 e. The zero-order valence-corrected chi connectivity index (χ0v) is 18.1. The second kappa shape index (κ2) is 6.59. The van der Waals surface area contributed by atoms with Crippen molar-refractivity contribution in [3.8, 4) is 0 Å². The lowest BCUT2D eigenvalue weighted by molar-refractivity contribution is -0.106. The molecule has 0 radical (unpaired) electrons. The quantitative estimate of drug-likeness (QED) is 0.704. The summed E-state index contributed by atoms with van der Waals surface area (Å²) in [6, 6.07) is 9.82. The van der Waals surface area contributed by atoms with Gasteiger partial charge in [-0.05, 0) is 72.7 Å². The van der Waals surface area contributed by atoms with Gasteiger partial charge in [0.25, 0.3) is 0 Å². The molecule has 1 aromatic carbocycles. The Morgan fingerprint density at radius 2 is 1.63 bits per heavy atom. The summed E-state index contributed by atoms with van der Waals surface area (Å²) in [4.78, 5) is 0. The molecule has 0 spiro atoms. The first kappa shape index (κ1) is 19.4. The summed E-state index contributed by atoms with van der Waals surface area (Å²) >= 11 is 0. The molecule has 2 atom stereocenters. The van der Waals surface area contributed by atoms with Crippen molar-refractivity contribution in [3.63, 3.8) is 0 Å². The van der Waals surface area contributed by atoms with Crippen molar-refractivity contribution >= 4 is 10.0 Å². The third-order valence-electron chi connectivity index (χ3n) is 7.31. The molecule has 5 rings (SSSR count). The predicted octanol–water partition coefficient (Wildman–Crippen LogP) is 5.08. The van der Waals surface area contributed by atoms with Crippen LogP contribution in [0.3, 0.4) is 0 Å². The second-order valence-corrected chi connectivity index (χ2v) is 13.0. The Balaban J connectivity index is 1.54. The number of hydrogen-bond donors (Lipinski definition) is 0. The van der Waals surface area contributed by atoms with Crippen LogP contribution in [0.2, 0.25) is 0 Å². The van der Waals surface area contributed by atoms with Crippen LogP contribution in [0, 0.1) is 28.6 Å². The Hall–Kier alpha value is -0.870. The van der Waals surface area contributed by atoms with Crippen molar-refractivity contribution < 1.29 is 8.42 Å². The third-order valence-corrected chi connectivity index (χ3v) is 9.13. The van der Waals surface area contributed by atoms with E-state index >= 15 is 0 Å². The Bertz CT molecular complexity index is 764. The van der Waals surface area contributed by atoms with Crippen LogP contribution in [-0.4, -0.2) is 25.8 Å². The summed E-state index contributed by atoms with van der Waals surface area (Å²) in [5.41, 5.74) is 1.71. The van der Waals surface area contributed by atoms with Crippen LogP contribution in [0.25, 0.3) is 0 Å². The fourth-order valence-corrected chi connectivity index (χ4v) is 8.71. The lowest BCUT2D eigenvalue weighted by Gasteiger charge is -2.62. The number of nitrogens with zero attached hydrogens (tertiary/aromatic N) is 1. The molecule has 4 aliphatic carbocycles. The van der Waals surface area contributed by atoms with E-state index in [1.807, 2.05) is 37.4 Å². The SMILES string of the molecule is CN(C1C2CC3CC1CC(CC(C)(C)C)(C3)C2)S(=O)(=O)Cc1ccccc1. The van der Waals surface area contributed by atoms with E-state index in [2.05, 4.69) is 20.8 Å². The van der Waals surface area contributed by atoms with Crippen molar-refractivity contribution in [2.24, 2.45) is 28.6 Å². The van der Waals surface area contributed by atoms with Gasteiger partial charge in [0, 0.05) is 13.1 Å². The highest BCUT2D eigenvalue weighted by atomic mass is 32.2. The first-order chi connectivity index (χ1) is 12.6. The van der Waals surface area contributed by atoms with Crippen LogP contribution < -0.4 is 0 Å². The molecule has 0 aliphatic heterocycles. The molecule has 0 heterocycles. The zero-order chi connectivity index (χ0) is 19.4. The molecule has 0 aromatic heterocycles. The molecule has 0 saturated heterocycles. The summed E-state index contributed by atoms with van der Waals surface area (Å²) in [7, 11) is -1.43. The molecule has 27 heavy (non-hydrogen) atoms. The Kier molecular flexibility index (Phi) is 4.74. The summed E-state index contributed by atoms with van der Waals surface area (Å²) in [5.74, 6) is 2.05. The molecule has 150 valence electrons. The molecule has 4 aliphatic rings. The molecule has 0 N–H and O–H groups in total. The molecule has 2 unspecified atom stereocenters. The van der Waals surface area contributed by atoms with E-state index in [1.165, 1.54) is 38.5 Å². The van der Waals surface area contributed by atoms with E-state index in [1.54, 1.807) is 4.31 Å². The lowest BCUT2D eigenvalue weighted by Crippen LogP contribution is -2.60. The Morgan fingerprint density at radius 3 is 2.19 bits per heavy atom. The molecular weight excluding hydrogens is 354 g/mol. The van der Waals surface area contributed by atoms with Gasteiger partial charge in [0.1, 0.15) is 0 Å². The number of rotatable bonds is 5. The van der Waals surface area contributed by atoms with E-state index in [0.717, 1.165) is 11.5 Å². The summed E-state index contributed by atoms with van der Waals surface area (Å²) < 4.78 is 28.1. The lowest BCUT2D eigenvalue weighted by atomic mass is 9.46. The number of sulfonamides is 1. The van der Waals surface area contributed by atoms with Crippen LogP contribution in [0.15, 0.2) is 30.3 Å². The average molecular weight is 390 g/mol. The maximum Gasteiger partial charge on any atom is 0.218 e. The maximum absolute atomic E-state index is 13.2. The van der Waals surface area contributed by atoms with Gasteiger partial charge in [-0.3, -0.25) is 0 Å². The molecule has 4 bridgehead atoms. The topological polar surface area (TPSA) is 37.4 Å². The van der Waals surface area contributed by atoms with E-state index in [4.69, 9.17) is 0 Å². The molecule has 0 amide bonds. The van der Waals surface area contributed by atoms with Crippen LogP contribution in [-0.2, 0) is 15.8 Å². The van der Waals surface area contributed by atoms with Gasteiger partial charge >= 0.3 is 0 Å². The maximum atomic E-state index is 13.2. The fraction of sp³-hybridized carbons (Fsp3) is 0.739. The first-order valence-corrected chi connectivity index (χ1v) is 12.2. The monoisotopic (exact) mass is 389 g/mol. The van der Waals surface area contributed by atoms with Gasteiger partial charge in [-0.1, -0.05) is 51.1 Å². The van der Waals surface area contributed by atoms with E-state index in [9.17, 15) is 8.42 Å². The van der Waals surface area contributed by atoms with Gasteiger partial charge in [-0.2, -0.15) is 0 Å². The standard InChI is InChI=1S/C23H35NO2S/c1-22(2,3)16-23-12-18-10-19(13-23)21(20(11-18)14-23)24(4)27(25,26)15-17-8-6-5-7-9-17/h5-9,18-21H,10-16H2,1-4H3. The Morgan fingerprint density at radius 1 is 1.04 bits per heavy atom. The highest BCUT2D eigenvalue weighted by molar-refractivity contribution is 7.88. The Labute approximate surface area is 165 Å². The summed E-state index contributed by atoms with van der Waals surface area (Å²) in [5, 5.41) is 0. The van der Waals surface area contributed by atoms with Gasteiger partial charge in [0.2, 0.25) is 10.0 Å². The van der Waals surface area contributed by atoms with Crippen molar-refractivity contribution in [1.82, 2.24) is 4.31 Å². The summed E-state index contributed by atoms with van der Waals surface area (Å²) in [6.07, 6.45) is 7.60. The second-order valence-electron chi connectivity index (χ2n) is 11.0. The molecule has 4 fully saturated rings. The molecule has 1 aromatic rings. The van der Waals surface area contributed by atoms with Crippen molar-refractivity contribution in [2.45, 2.75) is 71.1 Å². The third kappa shape index (κ3) is 3.85. The largest absolute Gasteiger partial charge is 0.218 e. The molecule has 4 heteroatoms. The summed E-state index contributed by atoms with van der Waals surface area (Å²) in [6.45, 7) is 7.08. The van der Waals surface area contributed by atoms with Crippen LogP contribution in [0.4, 0.5) is 0 Å². The van der Waals surface area contributed by atoms with E-state index in [0.29, 0.717) is 22.7 Å². The molecular formula is C23H35NO2S. The van der Waals surface area contributed by atoms with Crippen molar-refractivity contribution in [1.29, 1.82) is 0 Å². The minimum Gasteiger partial charge on any atom is -0.212 e. The van der Waals surface area contributed by atoms with E-state index in [-0.39, 0.29) is 11.8 Å². The normalized spacial score (nSPS) is 35.7. The minimum absolute atomic E-state index is 0.122. The van der Waals surface area contributed by atoms with Crippen LogP contribution in [0.5, 0.6) is 0 Å². The zero-order valence-electron chi connectivity index (χ0n) is 17.3. The first-order valence-electron chi connectivity index (χ1n) is 10.6. The molecule has 4 saturated carbocycles. The number of hydrogen-bond acceptors (Lipinski definition) is 2. The predicted molar refractivity (Wildman–Crippen MR) is 111 cm³/mol. The average Bonchev–Trinajstić information content (AvgIpc) is 2.51.